The fraction of sp³-hybridized carbons (Fsp3) is 0.545. The van der Waals surface area contributed by atoms with E-state index in [-0.39, 0.29) is 5.54 Å². The fourth-order valence-electron chi connectivity index (χ4n) is 1.31. The topological polar surface area (TPSA) is 63.8 Å². The molecule has 2 aromatic rings. The minimum Gasteiger partial charge on any atom is -0.337 e. The highest BCUT2D eigenvalue weighted by atomic mass is 32.1. The van der Waals surface area contributed by atoms with E-state index in [0.717, 1.165) is 10.7 Å². The molecule has 0 unspecified atom stereocenters. The Morgan fingerprint density at radius 3 is 2.76 bits per heavy atom. The van der Waals surface area contributed by atoms with Crippen LogP contribution in [-0.2, 0) is 12.0 Å². The van der Waals surface area contributed by atoms with Gasteiger partial charge in [0.15, 0.2) is 5.82 Å². The van der Waals surface area contributed by atoms with Gasteiger partial charge < -0.3 is 9.84 Å². The Bertz CT molecular complexity index is 503. The van der Waals surface area contributed by atoms with Gasteiger partial charge in [-0.05, 0) is 27.8 Å². The highest BCUT2D eigenvalue weighted by Gasteiger charge is 2.25. The summed E-state index contributed by atoms with van der Waals surface area (Å²) < 4.78 is 5.25. The van der Waals surface area contributed by atoms with Gasteiger partial charge in [0.25, 0.3) is 0 Å². The van der Waals surface area contributed by atoms with Crippen LogP contribution in [0, 0.1) is 6.92 Å². The van der Waals surface area contributed by atoms with E-state index in [1.54, 1.807) is 11.3 Å². The van der Waals surface area contributed by atoms with E-state index in [2.05, 4.69) is 20.4 Å². The Hall–Kier alpha value is -1.27. The van der Waals surface area contributed by atoms with E-state index in [1.165, 1.54) is 0 Å². The van der Waals surface area contributed by atoms with Gasteiger partial charge in [-0.3, -0.25) is 0 Å². The Morgan fingerprint density at radius 2 is 2.18 bits per heavy atom. The number of nitrogens with zero attached hydrogens (tertiary/aromatic N) is 3. The normalized spacial score (nSPS) is 12.0. The quantitative estimate of drug-likeness (QED) is 0.900. The van der Waals surface area contributed by atoms with Crippen molar-refractivity contribution in [2.24, 2.45) is 0 Å². The average Bonchev–Trinajstić information content (AvgIpc) is 2.89. The summed E-state index contributed by atoms with van der Waals surface area (Å²) >= 11 is 1.62. The van der Waals surface area contributed by atoms with Gasteiger partial charge >= 0.3 is 0 Å². The number of rotatable bonds is 4. The largest absolute Gasteiger partial charge is 0.337 e. The summed E-state index contributed by atoms with van der Waals surface area (Å²) in [5, 5.41) is 10.1. The van der Waals surface area contributed by atoms with Crippen molar-refractivity contribution in [1.82, 2.24) is 20.4 Å². The molecule has 0 atom stereocenters. The van der Waals surface area contributed by atoms with Crippen LogP contribution in [0.25, 0.3) is 0 Å². The monoisotopic (exact) mass is 252 g/mol. The lowest BCUT2D eigenvalue weighted by atomic mass is 10.1. The molecule has 0 aromatic carbocycles. The number of aromatic nitrogens is 3. The Balaban J connectivity index is 2.14. The lowest BCUT2D eigenvalue weighted by molar-refractivity contribution is 0.279. The molecule has 2 rings (SSSR count). The van der Waals surface area contributed by atoms with E-state index in [9.17, 15) is 0 Å². The third kappa shape index (κ3) is 2.70. The highest BCUT2D eigenvalue weighted by Crippen LogP contribution is 2.18. The zero-order valence-corrected chi connectivity index (χ0v) is 11.3. The lowest BCUT2D eigenvalue weighted by Gasteiger charge is -2.17. The Kier molecular flexibility index (Phi) is 3.26. The molecule has 0 saturated heterocycles. The summed E-state index contributed by atoms with van der Waals surface area (Å²) in [6.07, 6.45) is 0.627. The van der Waals surface area contributed by atoms with Crippen LogP contribution in [0.4, 0.5) is 0 Å². The molecule has 5 nitrogen and oxygen atoms in total. The summed E-state index contributed by atoms with van der Waals surface area (Å²) in [6.45, 7) is 5.97. The molecular weight excluding hydrogens is 236 g/mol. The van der Waals surface area contributed by atoms with Crippen molar-refractivity contribution in [2.75, 3.05) is 7.05 Å². The molecule has 0 bridgehead atoms. The molecule has 6 heteroatoms. The van der Waals surface area contributed by atoms with E-state index >= 15 is 0 Å². The summed E-state index contributed by atoms with van der Waals surface area (Å²) in [5.74, 6) is 1.28. The predicted octanol–water partition coefficient (Wildman–Crippen LogP) is 1.88. The molecule has 0 aliphatic rings. The summed E-state index contributed by atoms with van der Waals surface area (Å²) in [4.78, 5) is 8.76. The lowest BCUT2D eigenvalue weighted by Crippen LogP contribution is -2.33. The Labute approximate surface area is 104 Å². The van der Waals surface area contributed by atoms with Crippen molar-refractivity contribution in [3.8, 4) is 0 Å². The van der Waals surface area contributed by atoms with Gasteiger partial charge in [0.05, 0.1) is 12.0 Å². The molecule has 17 heavy (non-hydrogen) atoms. The van der Waals surface area contributed by atoms with Crippen molar-refractivity contribution in [2.45, 2.75) is 32.7 Å². The number of thiazole rings is 1. The SMILES string of the molecule is CNC(C)(C)c1nc(Cc2nc(C)cs2)no1. The molecule has 0 saturated carbocycles. The van der Waals surface area contributed by atoms with Crippen LogP contribution in [0.15, 0.2) is 9.90 Å². The first-order valence-electron chi connectivity index (χ1n) is 5.44. The standard InChI is InChI=1S/C11H16N4OS/c1-7-6-17-9(13-7)5-8-14-10(16-15-8)11(2,3)12-4/h6,12H,5H2,1-4H3. The van der Waals surface area contributed by atoms with Gasteiger partial charge in [0.2, 0.25) is 5.89 Å². The number of hydrogen-bond donors (Lipinski definition) is 1. The minimum absolute atomic E-state index is 0.302. The van der Waals surface area contributed by atoms with E-state index < -0.39 is 0 Å². The third-order valence-electron chi connectivity index (χ3n) is 2.60. The van der Waals surface area contributed by atoms with Crippen LogP contribution in [-0.4, -0.2) is 22.2 Å². The molecule has 1 N–H and O–H groups in total. The molecule has 0 fully saturated rings. The van der Waals surface area contributed by atoms with E-state index in [1.807, 2.05) is 33.2 Å². The van der Waals surface area contributed by atoms with Gasteiger partial charge in [-0.1, -0.05) is 5.16 Å². The number of hydrogen-bond acceptors (Lipinski definition) is 6. The summed E-state index contributed by atoms with van der Waals surface area (Å²) in [7, 11) is 1.87. The van der Waals surface area contributed by atoms with Crippen molar-refractivity contribution < 1.29 is 4.52 Å². The summed E-state index contributed by atoms with van der Waals surface area (Å²) in [5.41, 5.74) is 0.730. The molecule has 0 spiro atoms. The fourth-order valence-corrected chi connectivity index (χ4v) is 2.07. The zero-order chi connectivity index (χ0) is 12.5. The maximum Gasteiger partial charge on any atom is 0.246 e. The first-order chi connectivity index (χ1) is 8.01. The van der Waals surface area contributed by atoms with Crippen LogP contribution in [0.1, 0.15) is 36.3 Å². The molecule has 0 aliphatic heterocycles. The minimum atomic E-state index is -0.302. The van der Waals surface area contributed by atoms with Crippen LogP contribution in [0.5, 0.6) is 0 Å². The van der Waals surface area contributed by atoms with Crippen LogP contribution < -0.4 is 5.32 Å². The molecule has 92 valence electrons. The molecule has 0 aliphatic carbocycles. The second kappa shape index (κ2) is 4.54. The van der Waals surface area contributed by atoms with Crippen molar-refractivity contribution >= 4 is 11.3 Å². The summed E-state index contributed by atoms with van der Waals surface area (Å²) in [6, 6.07) is 0. The maximum absolute atomic E-state index is 5.25. The molecule has 2 heterocycles. The van der Waals surface area contributed by atoms with Crippen LogP contribution >= 0.6 is 11.3 Å². The van der Waals surface area contributed by atoms with Crippen LogP contribution in [0.3, 0.4) is 0 Å². The maximum atomic E-state index is 5.25. The number of nitrogens with one attached hydrogen (secondary N) is 1. The van der Waals surface area contributed by atoms with Gasteiger partial charge in [0, 0.05) is 11.1 Å². The zero-order valence-electron chi connectivity index (χ0n) is 10.4. The molecule has 0 amide bonds. The second-order valence-electron chi connectivity index (χ2n) is 4.45. The molecule has 0 radical (unpaired) electrons. The van der Waals surface area contributed by atoms with E-state index in [0.29, 0.717) is 18.1 Å². The smallest absolute Gasteiger partial charge is 0.246 e. The van der Waals surface area contributed by atoms with E-state index in [4.69, 9.17) is 4.52 Å². The van der Waals surface area contributed by atoms with Crippen molar-refractivity contribution in [3.05, 3.63) is 27.8 Å². The Morgan fingerprint density at radius 1 is 1.41 bits per heavy atom. The van der Waals surface area contributed by atoms with Gasteiger partial charge in [-0.25, -0.2) is 4.98 Å². The van der Waals surface area contributed by atoms with Crippen molar-refractivity contribution in [3.63, 3.8) is 0 Å². The average molecular weight is 252 g/mol. The molecular formula is C11H16N4OS. The van der Waals surface area contributed by atoms with Gasteiger partial charge in [-0.15, -0.1) is 11.3 Å². The molecule has 2 aromatic heterocycles. The second-order valence-corrected chi connectivity index (χ2v) is 5.39. The van der Waals surface area contributed by atoms with Gasteiger partial charge in [-0.2, -0.15) is 4.98 Å². The first kappa shape index (κ1) is 12.2. The first-order valence-corrected chi connectivity index (χ1v) is 6.32. The third-order valence-corrected chi connectivity index (χ3v) is 3.57. The van der Waals surface area contributed by atoms with Crippen molar-refractivity contribution in [1.29, 1.82) is 0 Å². The number of aryl methyl sites for hydroxylation is 1. The predicted molar refractivity (Wildman–Crippen MR) is 66.0 cm³/mol. The van der Waals surface area contributed by atoms with Crippen LogP contribution in [0.2, 0.25) is 0 Å². The highest BCUT2D eigenvalue weighted by molar-refractivity contribution is 7.09. The van der Waals surface area contributed by atoms with Gasteiger partial charge in [0.1, 0.15) is 5.01 Å².